The van der Waals surface area contributed by atoms with E-state index < -0.39 is 0 Å². The van der Waals surface area contributed by atoms with Crippen molar-refractivity contribution in [3.8, 4) is 22.7 Å². The van der Waals surface area contributed by atoms with E-state index in [1.807, 2.05) is 60.7 Å². The fraction of sp³-hybridized carbons (Fsp3) is 0.105. The van der Waals surface area contributed by atoms with Crippen LogP contribution in [0.15, 0.2) is 71.5 Å². The summed E-state index contributed by atoms with van der Waals surface area (Å²) in [4.78, 5) is 12.9. The first-order valence-electron chi connectivity index (χ1n) is 7.40. The highest BCUT2D eigenvalue weighted by atomic mass is 16.5. The lowest BCUT2D eigenvalue weighted by molar-refractivity contribution is 0.412. The molecule has 0 unspecified atom stereocenters. The van der Waals surface area contributed by atoms with E-state index in [2.05, 4.69) is 0 Å². The molecule has 0 aliphatic rings. The highest BCUT2D eigenvalue weighted by molar-refractivity contribution is 5.64. The SMILES string of the molecule is COc1ccccc1-n1c(-c2ccccc2)ccc(CN)c1=O. The molecule has 2 N–H and O–H groups in total. The maximum Gasteiger partial charge on any atom is 0.260 e. The molecule has 23 heavy (non-hydrogen) atoms. The smallest absolute Gasteiger partial charge is 0.260 e. The molecule has 4 nitrogen and oxygen atoms in total. The summed E-state index contributed by atoms with van der Waals surface area (Å²) >= 11 is 0. The van der Waals surface area contributed by atoms with Crippen molar-refractivity contribution in [2.45, 2.75) is 6.54 Å². The Bertz CT molecular complexity index is 870. The van der Waals surface area contributed by atoms with Crippen LogP contribution in [0.3, 0.4) is 0 Å². The predicted molar refractivity (Wildman–Crippen MR) is 91.9 cm³/mol. The van der Waals surface area contributed by atoms with Gasteiger partial charge in [-0.05, 0) is 23.8 Å². The Hall–Kier alpha value is -2.85. The lowest BCUT2D eigenvalue weighted by atomic mass is 10.1. The van der Waals surface area contributed by atoms with Gasteiger partial charge in [0.15, 0.2) is 0 Å². The largest absolute Gasteiger partial charge is 0.495 e. The average Bonchev–Trinajstić information content (AvgIpc) is 2.62. The van der Waals surface area contributed by atoms with Gasteiger partial charge in [-0.2, -0.15) is 0 Å². The van der Waals surface area contributed by atoms with Gasteiger partial charge in [0.05, 0.1) is 18.5 Å². The van der Waals surface area contributed by atoms with Crippen LogP contribution < -0.4 is 16.0 Å². The van der Waals surface area contributed by atoms with E-state index in [1.54, 1.807) is 17.7 Å². The summed E-state index contributed by atoms with van der Waals surface area (Å²) in [5.74, 6) is 0.640. The molecule has 3 aromatic rings. The molecule has 0 radical (unpaired) electrons. The van der Waals surface area contributed by atoms with Crippen LogP contribution in [0.2, 0.25) is 0 Å². The van der Waals surface area contributed by atoms with E-state index in [9.17, 15) is 4.79 Å². The molecule has 0 atom stereocenters. The normalized spacial score (nSPS) is 10.5. The third-order valence-corrected chi connectivity index (χ3v) is 3.78. The summed E-state index contributed by atoms with van der Waals surface area (Å²) in [6.07, 6.45) is 0. The minimum Gasteiger partial charge on any atom is -0.495 e. The van der Waals surface area contributed by atoms with Crippen LogP contribution in [0, 0.1) is 0 Å². The number of nitrogens with two attached hydrogens (primary N) is 1. The lowest BCUT2D eigenvalue weighted by Crippen LogP contribution is -2.25. The molecule has 2 aromatic carbocycles. The fourth-order valence-electron chi connectivity index (χ4n) is 2.62. The molecule has 0 bridgehead atoms. The molecule has 0 saturated heterocycles. The Labute approximate surface area is 134 Å². The number of hydrogen-bond acceptors (Lipinski definition) is 3. The number of aromatic nitrogens is 1. The van der Waals surface area contributed by atoms with Gasteiger partial charge in [-0.3, -0.25) is 9.36 Å². The van der Waals surface area contributed by atoms with Crippen molar-refractivity contribution in [3.05, 3.63) is 82.6 Å². The topological polar surface area (TPSA) is 57.2 Å². The Kier molecular flexibility index (Phi) is 4.26. The van der Waals surface area contributed by atoms with Crippen molar-refractivity contribution in [1.29, 1.82) is 0 Å². The van der Waals surface area contributed by atoms with Crippen molar-refractivity contribution in [2.75, 3.05) is 7.11 Å². The van der Waals surface area contributed by atoms with Crippen molar-refractivity contribution in [2.24, 2.45) is 5.73 Å². The van der Waals surface area contributed by atoms with Crippen LogP contribution >= 0.6 is 0 Å². The summed E-state index contributed by atoms with van der Waals surface area (Å²) in [7, 11) is 1.60. The van der Waals surface area contributed by atoms with Crippen molar-refractivity contribution >= 4 is 0 Å². The number of ether oxygens (including phenoxy) is 1. The molecule has 1 aromatic heterocycles. The first-order chi connectivity index (χ1) is 11.3. The van der Waals surface area contributed by atoms with E-state index in [4.69, 9.17) is 10.5 Å². The van der Waals surface area contributed by atoms with Gasteiger partial charge in [0, 0.05) is 12.1 Å². The van der Waals surface area contributed by atoms with Crippen LogP contribution in [-0.4, -0.2) is 11.7 Å². The van der Waals surface area contributed by atoms with E-state index in [1.165, 1.54) is 0 Å². The van der Waals surface area contributed by atoms with E-state index in [0.29, 0.717) is 17.0 Å². The summed E-state index contributed by atoms with van der Waals surface area (Å²) in [6, 6.07) is 21.0. The van der Waals surface area contributed by atoms with Crippen molar-refractivity contribution in [3.63, 3.8) is 0 Å². The molecule has 0 saturated carbocycles. The number of rotatable bonds is 4. The summed E-state index contributed by atoms with van der Waals surface area (Å²) in [6.45, 7) is 0.197. The van der Waals surface area contributed by atoms with Crippen molar-refractivity contribution < 1.29 is 4.74 Å². The minimum atomic E-state index is -0.127. The second-order valence-electron chi connectivity index (χ2n) is 5.13. The number of pyridine rings is 1. The second-order valence-corrected chi connectivity index (χ2v) is 5.13. The second kappa shape index (κ2) is 6.50. The first kappa shape index (κ1) is 15.1. The zero-order valence-electron chi connectivity index (χ0n) is 12.9. The Balaban J connectivity index is 2.35. The highest BCUT2D eigenvalue weighted by Gasteiger charge is 2.14. The van der Waals surface area contributed by atoms with E-state index >= 15 is 0 Å². The van der Waals surface area contributed by atoms with Crippen LogP contribution in [0.1, 0.15) is 5.56 Å². The average molecular weight is 306 g/mol. The molecule has 0 aliphatic carbocycles. The lowest BCUT2D eigenvalue weighted by Gasteiger charge is -2.17. The zero-order chi connectivity index (χ0) is 16.2. The van der Waals surface area contributed by atoms with Crippen LogP contribution in [0.25, 0.3) is 16.9 Å². The van der Waals surface area contributed by atoms with Crippen LogP contribution in [0.4, 0.5) is 0 Å². The molecular weight excluding hydrogens is 288 g/mol. The Morgan fingerprint density at radius 3 is 2.35 bits per heavy atom. The number of hydrogen-bond donors (Lipinski definition) is 1. The van der Waals surface area contributed by atoms with Gasteiger partial charge in [0.1, 0.15) is 5.75 Å². The van der Waals surface area contributed by atoms with Gasteiger partial charge >= 0.3 is 0 Å². The summed E-state index contributed by atoms with van der Waals surface area (Å²) in [5, 5.41) is 0. The van der Waals surface area contributed by atoms with Gasteiger partial charge < -0.3 is 10.5 Å². The molecule has 1 heterocycles. The molecule has 0 aliphatic heterocycles. The third-order valence-electron chi connectivity index (χ3n) is 3.78. The van der Waals surface area contributed by atoms with Gasteiger partial charge in [0.25, 0.3) is 5.56 Å². The quantitative estimate of drug-likeness (QED) is 0.806. The third kappa shape index (κ3) is 2.76. The Morgan fingerprint density at radius 2 is 1.65 bits per heavy atom. The fourth-order valence-corrected chi connectivity index (χ4v) is 2.62. The van der Waals surface area contributed by atoms with Crippen LogP contribution in [-0.2, 0) is 6.54 Å². The van der Waals surface area contributed by atoms with E-state index in [0.717, 1.165) is 11.3 Å². The van der Waals surface area contributed by atoms with Crippen LogP contribution in [0.5, 0.6) is 5.75 Å². The summed E-state index contributed by atoms with van der Waals surface area (Å²) in [5.41, 5.74) is 8.61. The number of nitrogens with zero attached hydrogens (tertiary/aromatic N) is 1. The molecule has 0 fully saturated rings. The van der Waals surface area contributed by atoms with Gasteiger partial charge in [-0.15, -0.1) is 0 Å². The Morgan fingerprint density at radius 1 is 0.957 bits per heavy atom. The zero-order valence-corrected chi connectivity index (χ0v) is 12.9. The maximum atomic E-state index is 12.9. The molecule has 4 heteroatoms. The highest BCUT2D eigenvalue weighted by Crippen LogP contribution is 2.27. The number of benzene rings is 2. The summed E-state index contributed by atoms with van der Waals surface area (Å²) < 4.78 is 7.09. The monoisotopic (exact) mass is 306 g/mol. The standard InChI is InChI=1S/C19H18N2O2/c1-23-18-10-6-5-9-17(18)21-16(14-7-3-2-4-8-14)12-11-15(13-20)19(21)22/h2-12H,13,20H2,1H3. The van der Waals surface area contributed by atoms with E-state index in [-0.39, 0.29) is 12.1 Å². The molecule has 0 amide bonds. The van der Waals surface area contributed by atoms with Crippen molar-refractivity contribution in [1.82, 2.24) is 4.57 Å². The number of methoxy groups -OCH3 is 1. The molecule has 0 spiro atoms. The number of para-hydroxylation sites is 2. The van der Waals surface area contributed by atoms with Gasteiger partial charge in [-0.25, -0.2) is 0 Å². The predicted octanol–water partition coefficient (Wildman–Crippen LogP) is 2.97. The van der Waals surface area contributed by atoms with Gasteiger partial charge in [0.2, 0.25) is 0 Å². The van der Waals surface area contributed by atoms with Gasteiger partial charge in [-0.1, -0.05) is 48.5 Å². The first-order valence-corrected chi connectivity index (χ1v) is 7.40. The molecular formula is C19H18N2O2. The minimum absolute atomic E-state index is 0.127. The molecule has 3 rings (SSSR count). The maximum absolute atomic E-state index is 12.9. The molecule has 116 valence electrons.